The predicted octanol–water partition coefficient (Wildman–Crippen LogP) is 2.95. The Bertz CT molecular complexity index is 1050. The molecule has 1 fully saturated rings. The minimum atomic E-state index is -3.72. The lowest BCUT2D eigenvalue weighted by Crippen LogP contribution is -2.38. The molecule has 3 aromatic rings. The Kier molecular flexibility index (Phi) is 5.83. The van der Waals surface area contributed by atoms with Crippen LogP contribution in [-0.2, 0) is 21.4 Å². The first-order valence-electron chi connectivity index (χ1n) is 8.24. The van der Waals surface area contributed by atoms with Gasteiger partial charge in [0.05, 0.1) is 4.88 Å². The van der Waals surface area contributed by atoms with Crippen LogP contribution in [0.2, 0.25) is 0 Å². The highest BCUT2D eigenvalue weighted by atomic mass is 32.2. The fourth-order valence-electron chi connectivity index (χ4n) is 2.59. The van der Waals surface area contributed by atoms with Crippen LogP contribution in [-0.4, -0.2) is 53.4 Å². The summed E-state index contributed by atoms with van der Waals surface area (Å²) in [5.41, 5.74) is 0. The second-order valence-corrected chi connectivity index (χ2v) is 10.7. The van der Waals surface area contributed by atoms with Gasteiger partial charge in [0.25, 0.3) is 5.89 Å². The number of thiophene rings is 2. The number of esters is 1. The maximum absolute atomic E-state index is 12.9. The van der Waals surface area contributed by atoms with Gasteiger partial charge in [-0.05, 0) is 22.9 Å². The molecule has 0 N–H and O–H groups in total. The predicted molar refractivity (Wildman–Crippen MR) is 107 cm³/mol. The SMILES string of the molecule is O=C(OCc1nc(-c2cccs2)no1)c1sccc1S(=O)(=O)N1CCSCC1. The van der Waals surface area contributed by atoms with E-state index >= 15 is 0 Å². The van der Waals surface area contributed by atoms with Gasteiger partial charge in [0.2, 0.25) is 15.8 Å². The van der Waals surface area contributed by atoms with Crippen molar-refractivity contribution in [2.24, 2.45) is 0 Å². The van der Waals surface area contributed by atoms with Crippen molar-refractivity contribution in [3.63, 3.8) is 0 Å². The summed E-state index contributed by atoms with van der Waals surface area (Å²) in [5, 5.41) is 7.32. The molecule has 4 rings (SSSR count). The molecule has 0 aromatic carbocycles. The second-order valence-electron chi connectivity index (χ2n) is 5.70. The average Bonchev–Trinajstić information content (AvgIpc) is 3.48. The molecule has 1 aliphatic heterocycles. The van der Waals surface area contributed by atoms with E-state index in [0.29, 0.717) is 18.9 Å². The summed E-state index contributed by atoms with van der Waals surface area (Å²) in [7, 11) is -3.72. The number of carbonyl (C=O) groups excluding carboxylic acids is 1. The molecule has 0 radical (unpaired) electrons. The molecule has 4 heterocycles. The van der Waals surface area contributed by atoms with Crippen LogP contribution in [0.5, 0.6) is 0 Å². The average molecular weight is 458 g/mol. The maximum Gasteiger partial charge on any atom is 0.350 e. The van der Waals surface area contributed by atoms with Gasteiger partial charge < -0.3 is 9.26 Å². The zero-order valence-electron chi connectivity index (χ0n) is 14.4. The molecular weight excluding hydrogens is 442 g/mol. The maximum atomic E-state index is 12.9. The summed E-state index contributed by atoms with van der Waals surface area (Å²) in [6.07, 6.45) is 0. The van der Waals surface area contributed by atoms with E-state index in [1.807, 2.05) is 17.5 Å². The molecule has 0 amide bonds. The van der Waals surface area contributed by atoms with E-state index in [4.69, 9.17) is 9.26 Å². The van der Waals surface area contributed by atoms with E-state index in [-0.39, 0.29) is 22.3 Å². The van der Waals surface area contributed by atoms with Gasteiger partial charge >= 0.3 is 5.97 Å². The Morgan fingerprint density at radius 3 is 2.79 bits per heavy atom. The van der Waals surface area contributed by atoms with E-state index in [9.17, 15) is 13.2 Å². The summed E-state index contributed by atoms with van der Waals surface area (Å²) in [4.78, 5) is 17.5. The van der Waals surface area contributed by atoms with Crippen LogP contribution in [0.15, 0.2) is 38.4 Å². The van der Waals surface area contributed by atoms with Crippen molar-refractivity contribution in [1.82, 2.24) is 14.4 Å². The van der Waals surface area contributed by atoms with Gasteiger partial charge in [0.15, 0.2) is 6.61 Å². The Morgan fingerprint density at radius 1 is 1.21 bits per heavy atom. The summed E-state index contributed by atoms with van der Waals surface area (Å²) in [6.45, 7) is 0.643. The van der Waals surface area contributed by atoms with Crippen LogP contribution >= 0.6 is 34.4 Å². The first-order chi connectivity index (χ1) is 13.6. The van der Waals surface area contributed by atoms with Crippen LogP contribution < -0.4 is 0 Å². The molecule has 0 aliphatic carbocycles. The highest BCUT2D eigenvalue weighted by Crippen LogP contribution is 2.28. The number of hydrogen-bond acceptors (Lipinski definition) is 10. The van der Waals surface area contributed by atoms with Crippen LogP contribution in [0.4, 0.5) is 0 Å². The van der Waals surface area contributed by atoms with Crippen LogP contribution in [0.3, 0.4) is 0 Å². The third kappa shape index (κ3) is 4.01. The van der Waals surface area contributed by atoms with Crippen LogP contribution in [0.25, 0.3) is 10.7 Å². The van der Waals surface area contributed by atoms with Crippen molar-refractivity contribution in [3.05, 3.63) is 39.7 Å². The smallest absolute Gasteiger partial charge is 0.350 e. The lowest BCUT2D eigenvalue weighted by molar-refractivity contribution is 0.0431. The molecule has 148 valence electrons. The Labute approximate surface area is 173 Å². The first kappa shape index (κ1) is 19.6. The Balaban J connectivity index is 1.45. The number of carbonyl (C=O) groups is 1. The van der Waals surface area contributed by atoms with Crippen molar-refractivity contribution in [2.45, 2.75) is 11.5 Å². The normalized spacial score (nSPS) is 15.6. The van der Waals surface area contributed by atoms with Crippen LogP contribution in [0.1, 0.15) is 15.6 Å². The topological polar surface area (TPSA) is 103 Å². The molecule has 12 heteroatoms. The number of ether oxygens (including phenoxy) is 1. The summed E-state index contributed by atoms with van der Waals surface area (Å²) < 4.78 is 37.4. The van der Waals surface area contributed by atoms with Gasteiger partial charge in [-0.15, -0.1) is 22.7 Å². The van der Waals surface area contributed by atoms with Crippen molar-refractivity contribution in [3.8, 4) is 10.7 Å². The molecule has 0 bridgehead atoms. The van der Waals surface area contributed by atoms with Gasteiger partial charge in [-0.25, -0.2) is 13.2 Å². The van der Waals surface area contributed by atoms with Gasteiger partial charge in [0, 0.05) is 24.6 Å². The van der Waals surface area contributed by atoms with Gasteiger partial charge in [-0.2, -0.15) is 21.1 Å². The summed E-state index contributed by atoms with van der Waals surface area (Å²) in [6, 6.07) is 5.17. The van der Waals surface area contributed by atoms with Crippen molar-refractivity contribution in [1.29, 1.82) is 0 Å². The van der Waals surface area contributed by atoms with Gasteiger partial charge in [0.1, 0.15) is 9.77 Å². The Morgan fingerprint density at radius 2 is 2.04 bits per heavy atom. The number of sulfonamides is 1. The molecule has 0 atom stereocenters. The number of aromatic nitrogens is 2. The second kappa shape index (κ2) is 8.33. The lowest BCUT2D eigenvalue weighted by atomic mass is 10.4. The number of rotatable bonds is 6. The van der Waals surface area contributed by atoms with E-state index in [1.54, 1.807) is 17.1 Å². The first-order valence-corrected chi connectivity index (χ1v) is 12.6. The lowest BCUT2D eigenvalue weighted by Gasteiger charge is -2.25. The van der Waals surface area contributed by atoms with E-state index in [0.717, 1.165) is 27.7 Å². The molecular formula is C16H15N3O5S4. The molecule has 1 aliphatic rings. The fourth-order valence-corrected chi connectivity index (χ4v) is 7.10. The number of nitrogens with zero attached hydrogens (tertiary/aromatic N) is 3. The van der Waals surface area contributed by atoms with Gasteiger partial charge in [-0.3, -0.25) is 0 Å². The monoisotopic (exact) mass is 457 g/mol. The van der Waals surface area contributed by atoms with E-state index in [1.165, 1.54) is 21.7 Å². The van der Waals surface area contributed by atoms with Crippen molar-refractivity contribution < 1.29 is 22.5 Å². The van der Waals surface area contributed by atoms with E-state index in [2.05, 4.69) is 10.1 Å². The standard InChI is InChI=1S/C16H15N3O5S4/c20-16(23-10-13-17-15(18-24-13)11-2-1-6-26-11)14-12(3-7-27-14)28(21,22)19-4-8-25-9-5-19/h1-3,6-7H,4-5,8-10H2. The van der Waals surface area contributed by atoms with Crippen LogP contribution in [0, 0.1) is 0 Å². The number of thioether (sulfide) groups is 1. The fraction of sp³-hybridized carbons (Fsp3) is 0.312. The zero-order valence-corrected chi connectivity index (χ0v) is 17.7. The minimum Gasteiger partial charge on any atom is -0.451 e. The third-order valence-electron chi connectivity index (χ3n) is 3.94. The highest BCUT2D eigenvalue weighted by molar-refractivity contribution is 7.99. The Hall–Kier alpha value is -1.73. The quantitative estimate of drug-likeness (QED) is 0.521. The van der Waals surface area contributed by atoms with E-state index < -0.39 is 16.0 Å². The summed E-state index contributed by atoms with van der Waals surface area (Å²) in [5.74, 6) is 1.32. The third-order valence-corrected chi connectivity index (χ3v) is 8.71. The minimum absolute atomic E-state index is 0.0146. The summed E-state index contributed by atoms with van der Waals surface area (Å²) >= 11 is 4.21. The van der Waals surface area contributed by atoms with Crippen molar-refractivity contribution >= 4 is 50.4 Å². The largest absolute Gasteiger partial charge is 0.451 e. The van der Waals surface area contributed by atoms with Gasteiger partial charge in [-0.1, -0.05) is 11.2 Å². The molecule has 8 nitrogen and oxygen atoms in total. The highest BCUT2D eigenvalue weighted by Gasteiger charge is 2.31. The molecule has 1 saturated heterocycles. The molecule has 0 unspecified atom stereocenters. The molecule has 28 heavy (non-hydrogen) atoms. The molecule has 3 aromatic heterocycles. The zero-order chi connectivity index (χ0) is 19.6. The van der Waals surface area contributed by atoms with Crippen molar-refractivity contribution in [2.75, 3.05) is 24.6 Å². The number of hydrogen-bond donors (Lipinski definition) is 0. The molecule has 0 saturated carbocycles. The molecule has 0 spiro atoms.